The number of H-pyrrole nitrogens is 1. The highest BCUT2D eigenvalue weighted by Crippen LogP contribution is 2.29. The monoisotopic (exact) mass is 398 g/mol. The van der Waals surface area contributed by atoms with Gasteiger partial charge in [0, 0.05) is 4.47 Å². The van der Waals surface area contributed by atoms with E-state index in [2.05, 4.69) is 31.4 Å². The smallest absolute Gasteiger partial charge is 0.244 e. The lowest BCUT2D eigenvalue weighted by atomic mass is 9.89. The van der Waals surface area contributed by atoms with Crippen molar-refractivity contribution in [1.82, 2.24) is 15.5 Å². The summed E-state index contributed by atoms with van der Waals surface area (Å²) in [4.78, 5) is 12.7. The van der Waals surface area contributed by atoms with Gasteiger partial charge in [0.2, 0.25) is 5.91 Å². The first-order chi connectivity index (χ1) is 10.5. The third-order valence-corrected chi connectivity index (χ3v) is 4.79. The summed E-state index contributed by atoms with van der Waals surface area (Å²) in [6, 6.07) is 7.47. The fourth-order valence-corrected chi connectivity index (χ4v) is 3.11. The molecule has 7 heteroatoms. The van der Waals surface area contributed by atoms with Crippen LogP contribution in [0.25, 0.3) is 0 Å². The number of nitrogens with two attached hydrogens (primary N) is 1. The molecule has 0 spiro atoms. The number of hydrogen-bond acceptors (Lipinski definition) is 3. The van der Waals surface area contributed by atoms with Gasteiger partial charge in [-0.1, -0.05) is 28.1 Å². The molecule has 1 aliphatic carbocycles. The quantitative estimate of drug-likeness (QED) is 0.742. The summed E-state index contributed by atoms with van der Waals surface area (Å²) in [5, 5.41) is 10.1. The molecule has 5 nitrogen and oxygen atoms in total. The van der Waals surface area contributed by atoms with E-state index in [9.17, 15) is 4.79 Å². The maximum Gasteiger partial charge on any atom is 0.244 e. The summed E-state index contributed by atoms with van der Waals surface area (Å²) < 4.78 is 0.960. The predicted molar refractivity (Wildman–Crippen MR) is 95.3 cm³/mol. The Balaban J connectivity index is 0.00000192. The molecule has 1 amide bonds. The largest absolute Gasteiger partial charge is 0.346 e. The molecule has 0 fully saturated rings. The number of carbonyl (C=O) groups excluding carboxylic acids is 1. The van der Waals surface area contributed by atoms with E-state index >= 15 is 0 Å². The number of aromatic amines is 1. The molecule has 1 heterocycles. The summed E-state index contributed by atoms with van der Waals surface area (Å²) in [5.41, 5.74) is 8.19. The van der Waals surface area contributed by atoms with Crippen LogP contribution in [0.2, 0.25) is 0 Å². The van der Waals surface area contributed by atoms with Crippen LogP contribution in [0.3, 0.4) is 0 Å². The van der Waals surface area contributed by atoms with Crippen LogP contribution < -0.4 is 11.1 Å². The molecule has 0 saturated carbocycles. The molecule has 1 aromatic heterocycles. The molecule has 0 saturated heterocycles. The van der Waals surface area contributed by atoms with Crippen molar-refractivity contribution < 1.29 is 4.79 Å². The summed E-state index contributed by atoms with van der Waals surface area (Å²) in [5.74, 6) is -0.178. The number of hydrogen-bond donors (Lipinski definition) is 3. The minimum absolute atomic E-state index is 0. The highest BCUT2D eigenvalue weighted by molar-refractivity contribution is 9.10. The Morgan fingerprint density at radius 3 is 2.83 bits per heavy atom. The number of carbonyl (C=O) groups is 1. The van der Waals surface area contributed by atoms with E-state index in [1.54, 1.807) is 6.92 Å². The standard InChI is InChI=1S/C16H19BrN4O.ClH/c1-16(18,11-5-7-12(17)8-6-11)15(22)20-13-4-2-3-10-9-19-21-14(10)13;/h5-9,13H,2-4,18H2,1H3,(H,19,21)(H,20,22);1H. The number of fused-ring (bicyclic) bond motifs is 1. The molecule has 23 heavy (non-hydrogen) atoms. The van der Waals surface area contributed by atoms with Crippen molar-refractivity contribution in [2.45, 2.75) is 37.8 Å². The van der Waals surface area contributed by atoms with E-state index in [-0.39, 0.29) is 24.4 Å². The maximum absolute atomic E-state index is 12.7. The first kappa shape index (κ1) is 18.0. The molecular weight excluding hydrogens is 380 g/mol. The number of nitrogens with one attached hydrogen (secondary N) is 2. The second-order valence-corrected chi connectivity index (χ2v) is 6.85. The van der Waals surface area contributed by atoms with Gasteiger partial charge in [-0.25, -0.2) is 0 Å². The van der Waals surface area contributed by atoms with Crippen LogP contribution >= 0.6 is 28.3 Å². The SMILES string of the molecule is CC(N)(C(=O)NC1CCCc2cn[nH]c21)c1ccc(Br)cc1.Cl. The molecule has 2 atom stereocenters. The predicted octanol–water partition coefficient (Wildman–Crippen LogP) is 2.96. The first-order valence-corrected chi connectivity index (χ1v) is 8.16. The van der Waals surface area contributed by atoms with Gasteiger partial charge in [0.15, 0.2) is 0 Å². The van der Waals surface area contributed by atoms with Gasteiger partial charge in [0.25, 0.3) is 0 Å². The third-order valence-electron chi connectivity index (χ3n) is 4.26. The zero-order valence-electron chi connectivity index (χ0n) is 12.8. The van der Waals surface area contributed by atoms with Crippen LogP contribution in [0.5, 0.6) is 0 Å². The Morgan fingerprint density at radius 2 is 2.13 bits per heavy atom. The fourth-order valence-electron chi connectivity index (χ4n) is 2.84. The summed E-state index contributed by atoms with van der Waals surface area (Å²) >= 11 is 3.39. The van der Waals surface area contributed by atoms with E-state index in [1.807, 2.05) is 30.5 Å². The average molecular weight is 400 g/mol. The molecule has 4 N–H and O–H groups in total. The number of amides is 1. The van der Waals surface area contributed by atoms with E-state index in [1.165, 1.54) is 5.56 Å². The highest BCUT2D eigenvalue weighted by Gasteiger charge is 2.33. The molecule has 124 valence electrons. The lowest BCUT2D eigenvalue weighted by Gasteiger charge is -2.29. The fraction of sp³-hybridized carbons (Fsp3) is 0.375. The topological polar surface area (TPSA) is 83.8 Å². The number of benzene rings is 1. The first-order valence-electron chi connectivity index (χ1n) is 7.36. The zero-order chi connectivity index (χ0) is 15.7. The van der Waals surface area contributed by atoms with Crippen LogP contribution in [0.15, 0.2) is 34.9 Å². The Morgan fingerprint density at radius 1 is 1.43 bits per heavy atom. The Hall–Kier alpha value is -1.37. The van der Waals surface area contributed by atoms with Gasteiger partial charge in [-0.05, 0) is 49.4 Å². The van der Waals surface area contributed by atoms with Crippen molar-refractivity contribution in [3.63, 3.8) is 0 Å². The minimum Gasteiger partial charge on any atom is -0.346 e. The third kappa shape index (κ3) is 3.59. The van der Waals surface area contributed by atoms with E-state index in [0.29, 0.717) is 0 Å². The minimum atomic E-state index is -1.07. The van der Waals surface area contributed by atoms with Crippen molar-refractivity contribution in [1.29, 1.82) is 0 Å². The number of aromatic nitrogens is 2. The van der Waals surface area contributed by atoms with Gasteiger partial charge < -0.3 is 11.1 Å². The molecule has 0 bridgehead atoms. The van der Waals surface area contributed by atoms with Gasteiger partial charge in [0.05, 0.1) is 17.9 Å². The molecule has 1 aliphatic rings. The lowest BCUT2D eigenvalue weighted by molar-refractivity contribution is -0.127. The summed E-state index contributed by atoms with van der Waals surface area (Å²) in [7, 11) is 0. The number of rotatable bonds is 3. The van der Waals surface area contributed by atoms with Crippen molar-refractivity contribution in [3.05, 3.63) is 51.8 Å². The molecule has 0 aliphatic heterocycles. The van der Waals surface area contributed by atoms with Gasteiger partial charge >= 0.3 is 0 Å². The number of halogens is 2. The van der Waals surface area contributed by atoms with Crippen LogP contribution in [-0.2, 0) is 16.8 Å². The van der Waals surface area contributed by atoms with Gasteiger partial charge in [-0.2, -0.15) is 5.10 Å². The second kappa shape index (κ2) is 7.03. The maximum atomic E-state index is 12.7. The van der Waals surface area contributed by atoms with Gasteiger partial charge in [-0.3, -0.25) is 9.89 Å². The lowest BCUT2D eigenvalue weighted by Crippen LogP contribution is -2.50. The molecular formula is C16H20BrClN4O. The molecule has 2 unspecified atom stereocenters. The van der Waals surface area contributed by atoms with E-state index in [0.717, 1.165) is 35.0 Å². The molecule has 1 aromatic carbocycles. The van der Waals surface area contributed by atoms with Crippen molar-refractivity contribution >= 4 is 34.2 Å². The number of aryl methyl sites for hydroxylation is 1. The highest BCUT2D eigenvalue weighted by atomic mass is 79.9. The summed E-state index contributed by atoms with van der Waals surface area (Å²) in [6.07, 6.45) is 4.78. The van der Waals surface area contributed by atoms with E-state index < -0.39 is 5.54 Å². The van der Waals surface area contributed by atoms with Crippen LogP contribution in [0.4, 0.5) is 0 Å². The van der Waals surface area contributed by atoms with Crippen molar-refractivity contribution in [2.24, 2.45) is 5.73 Å². The molecule has 3 rings (SSSR count). The van der Waals surface area contributed by atoms with Gasteiger partial charge in [-0.15, -0.1) is 12.4 Å². The van der Waals surface area contributed by atoms with Crippen LogP contribution in [0, 0.1) is 0 Å². The normalized spacial score (nSPS) is 19.2. The van der Waals surface area contributed by atoms with Crippen LogP contribution in [-0.4, -0.2) is 16.1 Å². The zero-order valence-corrected chi connectivity index (χ0v) is 15.2. The van der Waals surface area contributed by atoms with Crippen LogP contribution in [0.1, 0.15) is 42.6 Å². The average Bonchev–Trinajstić information content (AvgIpc) is 2.97. The van der Waals surface area contributed by atoms with E-state index in [4.69, 9.17) is 5.73 Å². The Kier molecular flexibility index (Phi) is 5.49. The molecule has 2 aromatic rings. The van der Waals surface area contributed by atoms with Crippen molar-refractivity contribution in [2.75, 3.05) is 0 Å². The Labute approximate surface area is 150 Å². The van der Waals surface area contributed by atoms with Gasteiger partial charge in [0.1, 0.15) is 5.54 Å². The number of nitrogens with zero attached hydrogens (tertiary/aromatic N) is 1. The molecule has 0 radical (unpaired) electrons. The second-order valence-electron chi connectivity index (χ2n) is 5.94. The Bertz CT molecular complexity index is 684. The van der Waals surface area contributed by atoms with Crippen molar-refractivity contribution in [3.8, 4) is 0 Å². The summed E-state index contributed by atoms with van der Waals surface area (Å²) in [6.45, 7) is 1.74.